The van der Waals surface area contributed by atoms with Crippen molar-refractivity contribution in [2.24, 2.45) is 0 Å². The molecule has 0 saturated carbocycles. The summed E-state index contributed by atoms with van der Waals surface area (Å²) in [5, 5.41) is 14.3. The van der Waals surface area contributed by atoms with Gasteiger partial charge in [-0.25, -0.2) is 18.1 Å². The molecule has 3 aromatic rings. The predicted octanol–water partition coefficient (Wildman–Crippen LogP) is 2.62. The number of sulfonamides is 1. The Kier molecular flexibility index (Phi) is 5.88. The lowest BCUT2D eigenvalue weighted by atomic mass is 9.94. The van der Waals surface area contributed by atoms with E-state index in [4.69, 9.17) is 4.52 Å². The maximum atomic E-state index is 12.8. The first-order chi connectivity index (χ1) is 12.9. The number of pyridine rings is 1. The van der Waals surface area contributed by atoms with Crippen LogP contribution in [0.25, 0.3) is 11.1 Å². The number of benzene rings is 1. The maximum Gasteiger partial charge on any atom is 0.258 e. The highest BCUT2D eigenvalue weighted by atomic mass is 32.2. The Balaban J connectivity index is 1.82. The number of aliphatic hydroxyl groups is 1. The fraction of sp³-hybridized carbons (Fsp3) is 0.368. The highest BCUT2D eigenvalue weighted by molar-refractivity contribution is 7.89. The zero-order valence-corrected chi connectivity index (χ0v) is 16.1. The van der Waals surface area contributed by atoms with Crippen molar-refractivity contribution in [2.75, 3.05) is 6.54 Å². The quantitative estimate of drug-likeness (QED) is 0.613. The molecule has 0 unspecified atom stereocenters. The van der Waals surface area contributed by atoms with Crippen LogP contribution >= 0.6 is 0 Å². The summed E-state index contributed by atoms with van der Waals surface area (Å²) in [5.74, 6) is -0.139. The predicted molar refractivity (Wildman–Crippen MR) is 102 cm³/mol. The van der Waals surface area contributed by atoms with Gasteiger partial charge in [-0.15, -0.1) is 0 Å². The number of hydrogen-bond acceptors (Lipinski definition) is 6. The first-order valence-corrected chi connectivity index (χ1v) is 10.4. The normalized spacial score (nSPS) is 14.3. The van der Waals surface area contributed by atoms with Gasteiger partial charge in [0.1, 0.15) is 4.90 Å². The molecule has 2 atom stereocenters. The van der Waals surface area contributed by atoms with Crippen LogP contribution in [0.4, 0.5) is 0 Å². The third-order valence-corrected chi connectivity index (χ3v) is 5.83. The van der Waals surface area contributed by atoms with Gasteiger partial charge in [-0.2, -0.15) is 0 Å². The number of nitrogens with one attached hydrogen (secondary N) is 1. The molecule has 144 valence electrons. The molecule has 2 N–H and O–H groups in total. The average molecular weight is 389 g/mol. The van der Waals surface area contributed by atoms with Crippen LogP contribution in [0.3, 0.4) is 0 Å². The first kappa shape index (κ1) is 19.5. The highest BCUT2D eigenvalue weighted by Gasteiger charge is 2.21. The van der Waals surface area contributed by atoms with Gasteiger partial charge < -0.3 is 9.63 Å². The van der Waals surface area contributed by atoms with Gasteiger partial charge in [-0.3, -0.25) is 0 Å². The maximum absolute atomic E-state index is 12.8. The second-order valence-electron chi connectivity index (χ2n) is 6.55. The number of nitrogens with zero attached hydrogens (tertiary/aromatic N) is 2. The summed E-state index contributed by atoms with van der Waals surface area (Å²) in [6, 6.07) is 11.1. The van der Waals surface area contributed by atoms with Crippen LogP contribution in [-0.4, -0.2) is 36.3 Å². The molecule has 27 heavy (non-hydrogen) atoms. The Bertz CT molecular complexity index is 1000. The fourth-order valence-electron chi connectivity index (χ4n) is 3.03. The van der Waals surface area contributed by atoms with Crippen molar-refractivity contribution in [1.82, 2.24) is 14.9 Å². The van der Waals surface area contributed by atoms with Gasteiger partial charge in [-0.05, 0) is 37.3 Å². The van der Waals surface area contributed by atoms with Crippen molar-refractivity contribution >= 4 is 21.1 Å². The van der Waals surface area contributed by atoms with Crippen molar-refractivity contribution in [2.45, 2.75) is 43.6 Å². The lowest BCUT2D eigenvalue weighted by Crippen LogP contribution is -2.30. The van der Waals surface area contributed by atoms with Gasteiger partial charge in [0.05, 0.1) is 23.4 Å². The molecule has 2 heterocycles. The molecule has 1 aromatic carbocycles. The van der Waals surface area contributed by atoms with Crippen LogP contribution in [0.2, 0.25) is 0 Å². The van der Waals surface area contributed by atoms with Crippen LogP contribution in [0.5, 0.6) is 0 Å². The van der Waals surface area contributed by atoms with E-state index >= 15 is 0 Å². The van der Waals surface area contributed by atoms with Gasteiger partial charge in [-0.1, -0.05) is 42.4 Å². The molecule has 0 spiro atoms. The number of aliphatic hydroxyl groups excluding tert-OH is 1. The molecule has 7 nitrogen and oxygen atoms in total. The van der Waals surface area contributed by atoms with Crippen LogP contribution in [0.15, 0.2) is 52.0 Å². The number of rotatable bonds is 8. The summed E-state index contributed by atoms with van der Waals surface area (Å²) in [4.78, 5) is 4.13. The minimum Gasteiger partial charge on any atom is -0.393 e. The number of fused-ring (bicyclic) bond motifs is 1. The Morgan fingerprint density at radius 3 is 2.67 bits per heavy atom. The number of hydrogen-bond donors (Lipinski definition) is 2. The van der Waals surface area contributed by atoms with Crippen LogP contribution in [0.1, 0.15) is 37.4 Å². The first-order valence-electron chi connectivity index (χ1n) is 8.87. The molecule has 0 aliphatic heterocycles. The van der Waals surface area contributed by atoms with Crippen LogP contribution < -0.4 is 4.72 Å². The standard InChI is InChI=1S/C19H23N3O4S/c1-3-18-17-10-16(12-20-19(17)26-22-18)27(24,25)21-11-15(9-13(2)23)14-7-5-4-6-8-14/h4-8,10,12-13,15,21,23H,3,9,11H2,1-2H3/t13-,15-/m1/s1. The molecule has 0 fully saturated rings. The SMILES string of the molecule is CCc1noc2ncc(S(=O)(=O)NC[C@@H](C[C@@H](C)O)c3ccccc3)cc12. The molecule has 3 rings (SSSR count). The van der Waals surface area contributed by atoms with Gasteiger partial charge in [0, 0.05) is 6.54 Å². The van der Waals surface area contributed by atoms with Crippen LogP contribution in [-0.2, 0) is 16.4 Å². The lowest BCUT2D eigenvalue weighted by molar-refractivity contribution is 0.174. The summed E-state index contributed by atoms with van der Waals surface area (Å²) in [6.45, 7) is 3.79. The number of aryl methyl sites for hydroxylation is 1. The fourth-order valence-corrected chi connectivity index (χ4v) is 4.08. The van der Waals surface area contributed by atoms with Gasteiger partial charge >= 0.3 is 0 Å². The summed E-state index contributed by atoms with van der Waals surface area (Å²) < 4.78 is 33.3. The molecule has 2 aromatic heterocycles. The van der Waals surface area contributed by atoms with Crippen molar-refractivity contribution in [1.29, 1.82) is 0 Å². The third kappa shape index (κ3) is 4.52. The summed E-state index contributed by atoms with van der Waals surface area (Å²) in [7, 11) is -3.76. The smallest absolute Gasteiger partial charge is 0.258 e. The van der Waals surface area contributed by atoms with Crippen molar-refractivity contribution in [3.63, 3.8) is 0 Å². The Hall–Kier alpha value is -2.29. The zero-order chi connectivity index (χ0) is 19.4. The molecular formula is C19H23N3O4S. The molecule has 0 aliphatic carbocycles. The Morgan fingerprint density at radius 1 is 1.26 bits per heavy atom. The van der Waals surface area contributed by atoms with Gasteiger partial charge in [0.15, 0.2) is 0 Å². The minimum absolute atomic E-state index is 0.0664. The van der Waals surface area contributed by atoms with E-state index in [9.17, 15) is 13.5 Å². The monoisotopic (exact) mass is 389 g/mol. The van der Waals surface area contributed by atoms with E-state index in [1.54, 1.807) is 6.92 Å². The van der Waals surface area contributed by atoms with Crippen molar-refractivity contribution in [3.05, 3.63) is 53.9 Å². The molecular weight excluding hydrogens is 366 g/mol. The van der Waals surface area contributed by atoms with Crippen molar-refractivity contribution in [3.8, 4) is 0 Å². The summed E-state index contributed by atoms with van der Waals surface area (Å²) in [5.41, 5.74) is 1.97. The van der Waals surface area contributed by atoms with E-state index in [0.717, 1.165) is 5.56 Å². The van der Waals surface area contributed by atoms with Crippen molar-refractivity contribution < 1.29 is 18.0 Å². The minimum atomic E-state index is -3.76. The summed E-state index contributed by atoms with van der Waals surface area (Å²) in [6.07, 6.45) is 1.80. The van der Waals surface area contributed by atoms with E-state index < -0.39 is 16.1 Å². The molecule has 0 amide bonds. The van der Waals surface area contributed by atoms with Gasteiger partial charge in [0.2, 0.25) is 10.0 Å². The van der Waals surface area contributed by atoms with E-state index in [1.165, 1.54) is 12.3 Å². The Morgan fingerprint density at radius 2 is 2.00 bits per heavy atom. The van der Waals surface area contributed by atoms with E-state index in [1.807, 2.05) is 37.3 Å². The van der Waals surface area contributed by atoms with Gasteiger partial charge in [0.25, 0.3) is 5.71 Å². The number of aromatic nitrogens is 2. The second-order valence-corrected chi connectivity index (χ2v) is 8.32. The third-order valence-electron chi connectivity index (χ3n) is 4.44. The lowest BCUT2D eigenvalue weighted by Gasteiger charge is -2.19. The molecule has 0 saturated heterocycles. The molecule has 8 heteroatoms. The highest BCUT2D eigenvalue weighted by Crippen LogP contribution is 2.23. The van der Waals surface area contributed by atoms with E-state index in [-0.39, 0.29) is 17.4 Å². The largest absolute Gasteiger partial charge is 0.393 e. The second kappa shape index (κ2) is 8.16. The topological polar surface area (TPSA) is 105 Å². The molecule has 0 aliphatic rings. The average Bonchev–Trinajstić information content (AvgIpc) is 3.08. The molecule has 0 bridgehead atoms. The summed E-state index contributed by atoms with van der Waals surface area (Å²) >= 11 is 0. The van der Waals surface area contributed by atoms with E-state index in [0.29, 0.717) is 29.6 Å². The Labute approximate surface area is 158 Å². The van der Waals surface area contributed by atoms with E-state index in [2.05, 4.69) is 14.9 Å². The van der Waals surface area contributed by atoms with Crippen LogP contribution in [0, 0.1) is 0 Å². The molecule has 0 radical (unpaired) electrons. The zero-order valence-electron chi connectivity index (χ0n) is 15.3.